The molecule has 5 nitrogen and oxygen atoms in total. The first-order valence-electron chi connectivity index (χ1n) is 5.42. The van der Waals surface area contributed by atoms with E-state index in [1.807, 2.05) is 0 Å². The van der Waals surface area contributed by atoms with Crippen LogP contribution in [0.5, 0.6) is 0 Å². The summed E-state index contributed by atoms with van der Waals surface area (Å²) < 4.78 is 27.5. The zero-order valence-corrected chi connectivity index (χ0v) is 9.96. The van der Waals surface area contributed by atoms with Gasteiger partial charge in [-0.25, -0.2) is 4.72 Å². The van der Waals surface area contributed by atoms with Gasteiger partial charge in [-0.2, -0.15) is 12.7 Å². The number of aliphatic hydroxyl groups excluding tert-OH is 1. The van der Waals surface area contributed by atoms with Gasteiger partial charge in [0.1, 0.15) is 0 Å². The highest BCUT2D eigenvalue weighted by Crippen LogP contribution is 2.17. The van der Waals surface area contributed by atoms with Gasteiger partial charge in [0.05, 0.1) is 0 Å². The zero-order valence-electron chi connectivity index (χ0n) is 9.15. The van der Waals surface area contributed by atoms with E-state index < -0.39 is 10.2 Å². The summed E-state index contributed by atoms with van der Waals surface area (Å²) in [6.45, 7) is 3.60. The molecule has 0 spiro atoms. The lowest BCUT2D eigenvalue weighted by atomic mass is 10.0. The molecule has 1 aliphatic heterocycles. The fourth-order valence-corrected chi connectivity index (χ4v) is 3.14. The van der Waals surface area contributed by atoms with Crippen LogP contribution in [-0.2, 0) is 10.2 Å². The quantitative estimate of drug-likeness (QED) is 0.657. The second-order valence-electron chi connectivity index (χ2n) is 4.08. The van der Waals surface area contributed by atoms with E-state index in [1.165, 1.54) is 4.31 Å². The monoisotopic (exact) mass is 236 g/mol. The number of aliphatic hydroxyl groups is 1. The Hall–Kier alpha value is -0.170. The summed E-state index contributed by atoms with van der Waals surface area (Å²) in [6.07, 6.45) is 2.49. The van der Waals surface area contributed by atoms with Crippen molar-refractivity contribution in [1.82, 2.24) is 9.03 Å². The SMILES string of the molecule is CC1CCCN(S(=O)(=O)NCCCO)C1. The molecule has 1 aliphatic rings. The maximum absolute atomic E-state index is 11.7. The minimum Gasteiger partial charge on any atom is -0.396 e. The van der Waals surface area contributed by atoms with E-state index in [0.717, 1.165) is 12.8 Å². The average Bonchev–Trinajstić information content (AvgIpc) is 2.18. The topological polar surface area (TPSA) is 69.6 Å². The summed E-state index contributed by atoms with van der Waals surface area (Å²) in [5, 5.41) is 8.57. The Balaban J connectivity index is 2.45. The Morgan fingerprint density at radius 2 is 2.27 bits per heavy atom. The van der Waals surface area contributed by atoms with Gasteiger partial charge in [-0.3, -0.25) is 0 Å². The third-order valence-electron chi connectivity index (χ3n) is 2.58. The summed E-state index contributed by atoms with van der Waals surface area (Å²) in [6, 6.07) is 0. The predicted octanol–water partition coefficient (Wildman–Crippen LogP) is -0.0649. The van der Waals surface area contributed by atoms with Crippen LogP contribution in [0.15, 0.2) is 0 Å². The highest BCUT2D eigenvalue weighted by molar-refractivity contribution is 7.87. The minimum atomic E-state index is -3.32. The van der Waals surface area contributed by atoms with Crippen LogP contribution < -0.4 is 4.72 Å². The first-order valence-corrected chi connectivity index (χ1v) is 6.86. The summed E-state index contributed by atoms with van der Waals surface area (Å²) >= 11 is 0. The largest absolute Gasteiger partial charge is 0.396 e. The van der Waals surface area contributed by atoms with Crippen molar-refractivity contribution in [3.05, 3.63) is 0 Å². The minimum absolute atomic E-state index is 0.0128. The van der Waals surface area contributed by atoms with E-state index in [1.54, 1.807) is 0 Å². The molecule has 6 heteroatoms. The lowest BCUT2D eigenvalue weighted by Crippen LogP contribution is -2.45. The van der Waals surface area contributed by atoms with Crippen molar-refractivity contribution in [2.75, 3.05) is 26.2 Å². The van der Waals surface area contributed by atoms with Crippen molar-refractivity contribution in [2.45, 2.75) is 26.2 Å². The molecule has 0 bridgehead atoms. The molecule has 1 unspecified atom stereocenters. The van der Waals surface area contributed by atoms with Crippen LogP contribution in [0.25, 0.3) is 0 Å². The van der Waals surface area contributed by atoms with Crippen molar-refractivity contribution in [3.8, 4) is 0 Å². The van der Waals surface area contributed by atoms with E-state index in [4.69, 9.17) is 5.11 Å². The van der Waals surface area contributed by atoms with Crippen molar-refractivity contribution in [1.29, 1.82) is 0 Å². The number of nitrogens with one attached hydrogen (secondary N) is 1. The molecule has 0 aliphatic carbocycles. The first-order chi connectivity index (χ1) is 7.06. The third-order valence-corrected chi connectivity index (χ3v) is 4.16. The fourth-order valence-electron chi connectivity index (χ4n) is 1.74. The smallest absolute Gasteiger partial charge is 0.279 e. The van der Waals surface area contributed by atoms with Crippen molar-refractivity contribution < 1.29 is 13.5 Å². The molecule has 0 radical (unpaired) electrons. The Labute approximate surface area is 91.7 Å². The molecule has 1 heterocycles. The molecule has 0 aromatic heterocycles. The van der Waals surface area contributed by atoms with E-state index in [2.05, 4.69) is 11.6 Å². The average molecular weight is 236 g/mol. The van der Waals surface area contributed by atoms with Crippen LogP contribution in [0.3, 0.4) is 0 Å². The maximum atomic E-state index is 11.7. The number of rotatable bonds is 5. The summed E-state index contributed by atoms with van der Waals surface area (Å²) in [4.78, 5) is 0. The van der Waals surface area contributed by atoms with Crippen molar-refractivity contribution >= 4 is 10.2 Å². The molecule has 1 rings (SSSR count). The van der Waals surface area contributed by atoms with Crippen LogP contribution in [0.1, 0.15) is 26.2 Å². The second kappa shape index (κ2) is 5.79. The number of hydrogen-bond donors (Lipinski definition) is 2. The van der Waals surface area contributed by atoms with Gasteiger partial charge in [0.2, 0.25) is 0 Å². The maximum Gasteiger partial charge on any atom is 0.279 e. The third kappa shape index (κ3) is 4.06. The lowest BCUT2D eigenvalue weighted by Gasteiger charge is -2.29. The molecule has 0 aromatic carbocycles. The fraction of sp³-hybridized carbons (Fsp3) is 1.00. The first kappa shape index (κ1) is 12.9. The second-order valence-corrected chi connectivity index (χ2v) is 5.84. The van der Waals surface area contributed by atoms with Gasteiger partial charge in [-0.1, -0.05) is 6.92 Å². The molecular weight excluding hydrogens is 216 g/mol. The molecule has 1 saturated heterocycles. The Morgan fingerprint density at radius 1 is 1.53 bits per heavy atom. The highest BCUT2D eigenvalue weighted by atomic mass is 32.2. The van der Waals surface area contributed by atoms with E-state index in [-0.39, 0.29) is 6.61 Å². The summed E-state index contributed by atoms with van der Waals surface area (Å²) in [5.74, 6) is 0.438. The van der Waals surface area contributed by atoms with Crippen molar-refractivity contribution in [3.63, 3.8) is 0 Å². The van der Waals surface area contributed by atoms with Crippen LogP contribution in [-0.4, -0.2) is 44.1 Å². The molecule has 0 aromatic rings. The van der Waals surface area contributed by atoms with Crippen LogP contribution >= 0.6 is 0 Å². The number of hydrogen-bond acceptors (Lipinski definition) is 3. The van der Waals surface area contributed by atoms with Crippen molar-refractivity contribution in [2.24, 2.45) is 5.92 Å². The van der Waals surface area contributed by atoms with Gasteiger partial charge < -0.3 is 5.11 Å². The molecule has 90 valence electrons. The molecule has 0 amide bonds. The van der Waals surface area contributed by atoms with Gasteiger partial charge >= 0.3 is 0 Å². The van der Waals surface area contributed by atoms with Crippen LogP contribution in [0.2, 0.25) is 0 Å². The molecule has 1 atom stereocenters. The lowest BCUT2D eigenvalue weighted by molar-refractivity contribution is 0.274. The molecule has 0 saturated carbocycles. The van der Waals surface area contributed by atoms with E-state index in [0.29, 0.717) is 32.0 Å². The molecule has 1 fully saturated rings. The zero-order chi connectivity index (χ0) is 11.3. The number of piperidine rings is 1. The van der Waals surface area contributed by atoms with Gasteiger partial charge in [0.25, 0.3) is 10.2 Å². The van der Waals surface area contributed by atoms with E-state index in [9.17, 15) is 8.42 Å². The Kier molecular flexibility index (Phi) is 4.98. The number of nitrogens with zero attached hydrogens (tertiary/aromatic N) is 1. The van der Waals surface area contributed by atoms with Gasteiger partial charge in [-0.05, 0) is 25.2 Å². The van der Waals surface area contributed by atoms with Gasteiger partial charge in [0.15, 0.2) is 0 Å². The van der Waals surface area contributed by atoms with E-state index >= 15 is 0 Å². The standard InChI is InChI=1S/C9H20N2O3S/c1-9-4-2-6-11(8-9)15(13,14)10-5-3-7-12/h9-10,12H,2-8H2,1H3. The van der Waals surface area contributed by atoms with Crippen LogP contribution in [0, 0.1) is 5.92 Å². The van der Waals surface area contributed by atoms with Crippen LogP contribution in [0.4, 0.5) is 0 Å². The predicted molar refractivity (Wildman–Crippen MR) is 58.6 cm³/mol. The molecule has 15 heavy (non-hydrogen) atoms. The molecular formula is C9H20N2O3S. The van der Waals surface area contributed by atoms with Gasteiger partial charge in [-0.15, -0.1) is 0 Å². The molecule has 2 N–H and O–H groups in total. The summed E-state index contributed by atoms with van der Waals surface area (Å²) in [5.41, 5.74) is 0. The Bertz CT molecular complexity index is 279. The highest BCUT2D eigenvalue weighted by Gasteiger charge is 2.26. The Morgan fingerprint density at radius 3 is 2.87 bits per heavy atom. The normalized spacial score (nSPS) is 24.3. The van der Waals surface area contributed by atoms with Gasteiger partial charge in [0, 0.05) is 26.2 Å². The summed E-state index contributed by atoms with van der Waals surface area (Å²) in [7, 11) is -3.32.